The summed E-state index contributed by atoms with van der Waals surface area (Å²) in [5, 5.41) is 5.87. The van der Waals surface area contributed by atoms with E-state index in [1.54, 1.807) is 13.1 Å². The van der Waals surface area contributed by atoms with Crippen LogP contribution in [0.3, 0.4) is 0 Å². The maximum Gasteiger partial charge on any atom is 0.343 e. The molecule has 0 saturated carbocycles. The predicted molar refractivity (Wildman–Crippen MR) is 158 cm³/mol. The summed E-state index contributed by atoms with van der Waals surface area (Å²) in [6.07, 6.45) is 8.24. The number of fused-ring (bicyclic) bond motifs is 5. The van der Waals surface area contributed by atoms with E-state index in [2.05, 4.69) is 20.8 Å². The van der Waals surface area contributed by atoms with Crippen molar-refractivity contribution in [1.29, 1.82) is 0 Å². The summed E-state index contributed by atoms with van der Waals surface area (Å²) < 4.78 is 20.3. The lowest BCUT2D eigenvalue weighted by Gasteiger charge is -2.38. The van der Waals surface area contributed by atoms with Crippen molar-refractivity contribution < 1.29 is 23.8 Å². The summed E-state index contributed by atoms with van der Waals surface area (Å²) >= 11 is 0. The molecule has 41 heavy (non-hydrogen) atoms. The third-order valence-electron chi connectivity index (χ3n) is 7.57. The van der Waals surface area contributed by atoms with Gasteiger partial charge in [-0.2, -0.15) is 5.10 Å². The van der Waals surface area contributed by atoms with Gasteiger partial charge in [0.2, 0.25) is 0 Å². The first kappa shape index (κ1) is 30.3. The van der Waals surface area contributed by atoms with Gasteiger partial charge in [0.1, 0.15) is 16.8 Å². The predicted octanol–water partition coefficient (Wildman–Crippen LogP) is 6.32. The minimum atomic E-state index is -0.600. The van der Waals surface area contributed by atoms with Crippen LogP contribution >= 0.6 is 0 Å². The number of rotatable bonds is 13. The van der Waals surface area contributed by atoms with Gasteiger partial charge in [-0.15, -0.1) is 0 Å². The van der Waals surface area contributed by atoms with Crippen LogP contribution in [0.15, 0.2) is 35.3 Å². The van der Waals surface area contributed by atoms with E-state index in [4.69, 9.17) is 19.3 Å². The van der Waals surface area contributed by atoms with E-state index in [0.717, 1.165) is 66.6 Å². The van der Waals surface area contributed by atoms with Crippen LogP contribution in [0.2, 0.25) is 0 Å². The van der Waals surface area contributed by atoms with Gasteiger partial charge in [0, 0.05) is 24.1 Å². The molecular weight excluding hydrogens is 522 g/mol. The Bertz CT molecular complexity index is 1430. The largest absolute Gasteiger partial charge is 0.491 e. The van der Waals surface area contributed by atoms with Crippen LogP contribution in [0.4, 0.5) is 0 Å². The molecule has 1 aromatic carbocycles. The van der Waals surface area contributed by atoms with E-state index >= 15 is 0 Å². The lowest BCUT2D eigenvalue weighted by Crippen LogP contribution is -2.35. The third-order valence-corrected chi connectivity index (χ3v) is 7.57. The first-order chi connectivity index (χ1) is 19.7. The molecule has 4 rings (SSSR count). The molecule has 0 amide bonds. The number of benzene rings is 1. The molecule has 0 bridgehead atoms. The fraction of sp³-hybridized carbons (Fsp3) is 0.562. The highest BCUT2D eigenvalue weighted by atomic mass is 16.5. The van der Waals surface area contributed by atoms with Crippen molar-refractivity contribution in [3.63, 3.8) is 0 Å². The van der Waals surface area contributed by atoms with Crippen LogP contribution in [0.5, 0.6) is 5.75 Å². The number of nitrogens with zero attached hydrogens (tertiary/aromatic N) is 3. The molecule has 3 heterocycles. The molecule has 1 aliphatic heterocycles. The van der Waals surface area contributed by atoms with Gasteiger partial charge >= 0.3 is 11.9 Å². The molecular formula is C32H43N3O6. The number of esters is 2. The molecule has 0 radical (unpaired) electrons. The Morgan fingerprint density at radius 1 is 1.00 bits per heavy atom. The Morgan fingerprint density at radius 2 is 1.71 bits per heavy atom. The maximum atomic E-state index is 13.1. The fourth-order valence-electron chi connectivity index (χ4n) is 5.44. The standard InChI is InChI=1S/C32H43N3O6/c1-6-39-28(37)17-12-10-8-9-11-13-18-41-26-16-14-15-22-29(26)33-35-21-27(32(3,4)5)34-20-23(31(38)40-7-2)25(36)19-24(34)30(22)35/h14-16,19-20,27H,6-13,17-18,21H2,1-5H3/t27-/m0/s1. The minimum Gasteiger partial charge on any atom is -0.491 e. The number of unbranched alkanes of at least 4 members (excludes halogenated alkanes) is 5. The summed E-state index contributed by atoms with van der Waals surface area (Å²) in [4.78, 5) is 37.0. The normalized spacial score (nSPS) is 14.4. The zero-order valence-corrected chi connectivity index (χ0v) is 25.0. The van der Waals surface area contributed by atoms with Crippen LogP contribution in [0.1, 0.15) is 96.0 Å². The summed E-state index contributed by atoms with van der Waals surface area (Å²) in [5.74, 6) is 0.0156. The van der Waals surface area contributed by atoms with Gasteiger partial charge < -0.3 is 18.8 Å². The number of carbonyl (C=O) groups excluding carboxylic acids is 2. The van der Waals surface area contributed by atoms with Crippen molar-refractivity contribution >= 4 is 22.8 Å². The second kappa shape index (κ2) is 13.4. The summed E-state index contributed by atoms with van der Waals surface area (Å²) in [7, 11) is 0. The van der Waals surface area contributed by atoms with Crippen molar-refractivity contribution in [2.45, 2.75) is 92.2 Å². The molecule has 222 valence electrons. The highest BCUT2D eigenvalue weighted by Crippen LogP contribution is 2.43. The van der Waals surface area contributed by atoms with Crippen molar-refractivity contribution in [1.82, 2.24) is 14.3 Å². The Morgan fingerprint density at radius 3 is 2.41 bits per heavy atom. The Kier molecular flexibility index (Phi) is 9.89. The van der Waals surface area contributed by atoms with Gasteiger partial charge in [-0.3, -0.25) is 14.3 Å². The minimum absolute atomic E-state index is 0.0326. The number of hydrogen-bond acceptors (Lipinski definition) is 7. The van der Waals surface area contributed by atoms with E-state index in [9.17, 15) is 14.4 Å². The zero-order valence-electron chi connectivity index (χ0n) is 25.0. The van der Waals surface area contributed by atoms with Gasteiger partial charge in [0.25, 0.3) is 0 Å². The van der Waals surface area contributed by atoms with Crippen molar-refractivity contribution in [2.75, 3.05) is 19.8 Å². The van der Waals surface area contributed by atoms with E-state index < -0.39 is 5.97 Å². The SMILES string of the molecule is CCOC(=O)CCCCCCCCOc1cccc2c3n(nc12)C[C@@H](C(C)(C)C)n1cc(C(=O)OCC)c(=O)cc1-3. The monoisotopic (exact) mass is 565 g/mol. The van der Waals surface area contributed by atoms with Gasteiger partial charge in [-0.25, -0.2) is 4.79 Å². The lowest BCUT2D eigenvalue weighted by atomic mass is 9.85. The molecule has 0 saturated heterocycles. The van der Waals surface area contributed by atoms with Crippen LogP contribution in [0.25, 0.3) is 22.3 Å². The van der Waals surface area contributed by atoms with Crippen molar-refractivity contribution in [3.05, 3.63) is 46.2 Å². The van der Waals surface area contributed by atoms with E-state index in [0.29, 0.717) is 26.2 Å². The summed E-state index contributed by atoms with van der Waals surface area (Å²) in [6, 6.07) is 7.40. The Hall–Kier alpha value is -3.62. The van der Waals surface area contributed by atoms with Gasteiger partial charge in [0.05, 0.1) is 43.8 Å². The highest BCUT2D eigenvalue weighted by molar-refractivity contribution is 5.97. The molecule has 2 aromatic heterocycles. The Balaban J connectivity index is 1.48. The van der Waals surface area contributed by atoms with Crippen molar-refractivity contribution in [2.24, 2.45) is 5.41 Å². The molecule has 0 spiro atoms. The van der Waals surface area contributed by atoms with Crippen molar-refractivity contribution in [3.8, 4) is 17.1 Å². The topological polar surface area (TPSA) is 102 Å². The molecule has 0 fully saturated rings. The lowest BCUT2D eigenvalue weighted by molar-refractivity contribution is -0.143. The molecule has 9 heteroatoms. The van der Waals surface area contributed by atoms with Crippen LogP contribution < -0.4 is 10.2 Å². The molecule has 9 nitrogen and oxygen atoms in total. The highest BCUT2D eigenvalue weighted by Gasteiger charge is 2.35. The molecule has 0 unspecified atom stereocenters. The van der Waals surface area contributed by atoms with E-state index in [-0.39, 0.29) is 35.0 Å². The first-order valence-electron chi connectivity index (χ1n) is 14.9. The first-order valence-corrected chi connectivity index (χ1v) is 14.9. The van der Waals surface area contributed by atoms with Crippen LogP contribution in [-0.2, 0) is 20.8 Å². The fourth-order valence-corrected chi connectivity index (χ4v) is 5.44. The molecule has 0 aliphatic carbocycles. The number of pyridine rings is 1. The summed E-state index contributed by atoms with van der Waals surface area (Å²) in [6.45, 7) is 11.8. The van der Waals surface area contributed by atoms with Gasteiger partial charge in [-0.1, -0.05) is 58.6 Å². The van der Waals surface area contributed by atoms with Gasteiger partial charge in [-0.05, 0) is 38.2 Å². The second-order valence-corrected chi connectivity index (χ2v) is 11.7. The second-order valence-electron chi connectivity index (χ2n) is 11.7. The maximum absolute atomic E-state index is 13.1. The van der Waals surface area contributed by atoms with Gasteiger partial charge in [0.15, 0.2) is 5.43 Å². The number of aromatic nitrogens is 3. The third kappa shape index (κ3) is 7.00. The van der Waals surface area contributed by atoms with E-state index in [1.807, 2.05) is 34.4 Å². The molecule has 3 aromatic rings. The smallest absolute Gasteiger partial charge is 0.343 e. The number of carbonyl (C=O) groups is 2. The van der Waals surface area contributed by atoms with Crippen LogP contribution in [0, 0.1) is 5.41 Å². The quantitative estimate of drug-likeness (QED) is 0.177. The van der Waals surface area contributed by atoms with E-state index in [1.165, 1.54) is 6.07 Å². The average Bonchev–Trinajstić information content (AvgIpc) is 3.30. The zero-order chi connectivity index (χ0) is 29.6. The number of ether oxygens (including phenoxy) is 3. The number of hydrogen-bond donors (Lipinski definition) is 0. The molecule has 1 atom stereocenters. The molecule has 0 N–H and O–H groups in total. The summed E-state index contributed by atoms with van der Waals surface area (Å²) in [5.41, 5.74) is 1.87. The average molecular weight is 566 g/mol. The molecule has 1 aliphatic rings. The Labute approximate surface area is 241 Å². The van der Waals surface area contributed by atoms with Crippen LogP contribution in [-0.4, -0.2) is 46.1 Å².